The van der Waals surface area contributed by atoms with E-state index in [1.165, 1.54) is 0 Å². The second-order valence-electron chi connectivity index (χ2n) is 7.01. The predicted molar refractivity (Wildman–Crippen MR) is 84.5 cm³/mol. The topological polar surface area (TPSA) is 29.1 Å². The minimum absolute atomic E-state index is 0.0233. The Balaban J connectivity index is 2.88. The van der Waals surface area contributed by atoms with Crippen molar-refractivity contribution >= 4 is 21.8 Å². The summed E-state index contributed by atoms with van der Waals surface area (Å²) in [6.07, 6.45) is 0.926. The number of halogens is 1. The molecular weight excluding hydrogens is 302 g/mol. The van der Waals surface area contributed by atoms with E-state index >= 15 is 0 Å². The lowest BCUT2D eigenvalue weighted by Crippen LogP contribution is -2.45. The molecule has 1 aromatic rings. The molecule has 2 nitrogen and oxygen atoms in total. The zero-order valence-electron chi connectivity index (χ0n) is 12.7. The van der Waals surface area contributed by atoms with Crippen molar-refractivity contribution in [3.8, 4) is 0 Å². The molecule has 106 valence electrons. The third kappa shape index (κ3) is 4.98. The maximum Gasteiger partial charge on any atom is 0.252 e. The van der Waals surface area contributed by atoms with Crippen molar-refractivity contribution in [1.82, 2.24) is 5.32 Å². The number of amides is 1. The second-order valence-corrected chi connectivity index (χ2v) is 7.80. The third-order valence-electron chi connectivity index (χ3n) is 2.86. The maximum atomic E-state index is 12.4. The van der Waals surface area contributed by atoms with E-state index in [4.69, 9.17) is 0 Å². The molecule has 0 heterocycles. The third-order valence-corrected chi connectivity index (χ3v) is 3.91. The van der Waals surface area contributed by atoms with E-state index < -0.39 is 0 Å². The lowest BCUT2D eigenvalue weighted by Gasteiger charge is -2.33. The summed E-state index contributed by atoms with van der Waals surface area (Å²) in [6, 6.07) is 5.74. The highest BCUT2D eigenvalue weighted by atomic mass is 79.9. The van der Waals surface area contributed by atoms with Crippen LogP contribution >= 0.6 is 15.9 Å². The molecule has 19 heavy (non-hydrogen) atoms. The molecular formula is C16H24BrNO. The number of hydrogen-bond acceptors (Lipinski definition) is 1. The molecule has 0 aliphatic carbocycles. The van der Waals surface area contributed by atoms with Crippen LogP contribution in [0.15, 0.2) is 22.7 Å². The second kappa shape index (κ2) is 5.66. The summed E-state index contributed by atoms with van der Waals surface area (Å²) in [5.41, 5.74) is 1.72. The molecule has 1 N–H and O–H groups in total. The van der Waals surface area contributed by atoms with Crippen LogP contribution in [0.3, 0.4) is 0 Å². The van der Waals surface area contributed by atoms with Crippen LogP contribution in [0.25, 0.3) is 0 Å². The average molecular weight is 326 g/mol. The van der Waals surface area contributed by atoms with Gasteiger partial charge in [0.2, 0.25) is 0 Å². The van der Waals surface area contributed by atoms with Gasteiger partial charge in [-0.05, 0) is 60.2 Å². The van der Waals surface area contributed by atoms with Crippen LogP contribution in [0, 0.1) is 12.3 Å². The summed E-state index contributed by atoms with van der Waals surface area (Å²) in [5, 5.41) is 3.13. The van der Waals surface area contributed by atoms with Gasteiger partial charge >= 0.3 is 0 Å². The summed E-state index contributed by atoms with van der Waals surface area (Å²) >= 11 is 3.49. The first kappa shape index (κ1) is 16.2. The van der Waals surface area contributed by atoms with Gasteiger partial charge in [-0.1, -0.05) is 32.9 Å². The van der Waals surface area contributed by atoms with E-state index in [-0.39, 0.29) is 16.9 Å². The zero-order chi connectivity index (χ0) is 14.8. The molecule has 0 bridgehead atoms. The van der Waals surface area contributed by atoms with Crippen LogP contribution in [0.2, 0.25) is 0 Å². The molecule has 1 amide bonds. The average Bonchev–Trinajstić information content (AvgIpc) is 2.17. The van der Waals surface area contributed by atoms with Crippen LogP contribution in [-0.4, -0.2) is 11.4 Å². The van der Waals surface area contributed by atoms with Crippen molar-refractivity contribution in [2.24, 2.45) is 5.41 Å². The van der Waals surface area contributed by atoms with Gasteiger partial charge < -0.3 is 5.32 Å². The van der Waals surface area contributed by atoms with Crippen molar-refractivity contribution in [1.29, 1.82) is 0 Å². The zero-order valence-corrected chi connectivity index (χ0v) is 14.3. The number of carbonyl (C=O) groups is 1. The molecule has 0 saturated heterocycles. The molecule has 0 aliphatic heterocycles. The summed E-state index contributed by atoms with van der Waals surface area (Å²) in [7, 11) is 0. The Morgan fingerprint density at radius 2 is 1.79 bits per heavy atom. The molecule has 0 fully saturated rings. The number of benzene rings is 1. The Labute approximate surface area is 125 Å². The largest absolute Gasteiger partial charge is 0.347 e. The number of hydrogen-bond donors (Lipinski definition) is 1. The van der Waals surface area contributed by atoms with Crippen LogP contribution in [0.1, 0.15) is 57.0 Å². The fourth-order valence-electron chi connectivity index (χ4n) is 2.57. The number of rotatable bonds is 3. The number of aryl methyl sites for hydroxylation is 1. The minimum atomic E-state index is -0.224. The summed E-state index contributed by atoms with van der Waals surface area (Å²) in [4.78, 5) is 12.4. The Hall–Kier alpha value is -0.830. The molecule has 0 unspecified atom stereocenters. The Bertz CT molecular complexity index is 472. The Kier molecular flexibility index (Phi) is 4.83. The molecule has 0 aliphatic rings. The van der Waals surface area contributed by atoms with Crippen LogP contribution in [0.5, 0.6) is 0 Å². The van der Waals surface area contributed by atoms with E-state index in [1.807, 2.05) is 25.1 Å². The fourth-order valence-corrected chi connectivity index (χ4v) is 3.01. The van der Waals surface area contributed by atoms with Gasteiger partial charge in [0.25, 0.3) is 5.91 Å². The fraction of sp³-hybridized carbons (Fsp3) is 0.562. The Morgan fingerprint density at radius 1 is 1.21 bits per heavy atom. The summed E-state index contributed by atoms with van der Waals surface area (Å²) in [5.74, 6) is -0.0233. The Morgan fingerprint density at radius 3 is 2.32 bits per heavy atom. The van der Waals surface area contributed by atoms with Crippen LogP contribution in [0.4, 0.5) is 0 Å². The smallest absolute Gasteiger partial charge is 0.252 e. The molecule has 0 radical (unpaired) electrons. The van der Waals surface area contributed by atoms with Crippen molar-refractivity contribution in [2.45, 2.75) is 53.5 Å². The lowest BCUT2D eigenvalue weighted by atomic mass is 9.81. The van der Waals surface area contributed by atoms with Crippen LogP contribution < -0.4 is 5.32 Å². The number of nitrogens with one attached hydrogen (secondary N) is 1. The highest BCUT2D eigenvalue weighted by Crippen LogP contribution is 2.28. The minimum Gasteiger partial charge on any atom is -0.347 e. The SMILES string of the molecule is Cc1cccc(C(=O)NC(C)(C)CC(C)(C)C)c1Br. The van der Waals surface area contributed by atoms with Gasteiger partial charge in [0.15, 0.2) is 0 Å². The van der Waals surface area contributed by atoms with Gasteiger partial charge in [-0.2, -0.15) is 0 Å². The molecule has 0 saturated carbocycles. The first-order valence-electron chi connectivity index (χ1n) is 6.59. The van der Waals surface area contributed by atoms with Gasteiger partial charge in [-0.25, -0.2) is 0 Å². The van der Waals surface area contributed by atoms with E-state index in [2.05, 4.69) is 55.9 Å². The quantitative estimate of drug-likeness (QED) is 0.857. The normalized spacial score (nSPS) is 12.4. The molecule has 1 rings (SSSR count). The van der Waals surface area contributed by atoms with Crippen molar-refractivity contribution < 1.29 is 4.79 Å². The molecule has 0 spiro atoms. The first-order valence-corrected chi connectivity index (χ1v) is 7.39. The van der Waals surface area contributed by atoms with Gasteiger partial charge in [-0.15, -0.1) is 0 Å². The molecule has 0 atom stereocenters. The van der Waals surface area contributed by atoms with Crippen molar-refractivity contribution in [2.75, 3.05) is 0 Å². The van der Waals surface area contributed by atoms with E-state index in [9.17, 15) is 4.79 Å². The summed E-state index contributed by atoms with van der Waals surface area (Å²) < 4.78 is 0.874. The highest BCUT2D eigenvalue weighted by molar-refractivity contribution is 9.10. The van der Waals surface area contributed by atoms with E-state index in [0.29, 0.717) is 5.56 Å². The van der Waals surface area contributed by atoms with Gasteiger partial charge in [0.1, 0.15) is 0 Å². The first-order chi connectivity index (χ1) is 8.52. The molecule has 1 aromatic carbocycles. The lowest BCUT2D eigenvalue weighted by molar-refractivity contribution is 0.0890. The predicted octanol–water partition coefficient (Wildman–Crippen LogP) is 4.70. The highest BCUT2D eigenvalue weighted by Gasteiger charge is 2.27. The van der Waals surface area contributed by atoms with E-state index in [0.717, 1.165) is 16.5 Å². The van der Waals surface area contributed by atoms with Crippen LogP contribution in [-0.2, 0) is 0 Å². The number of carbonyl (C=O) groups excluding carboxylic acids is 1. The standard InChI is InChI=1S/C16H24BrNO/c1-11-8-7-9-12(13(11)17)14(19)18-16(5,6)10-15(2,3)4/h7-9H,10H2,1-6H3,(H,18,19). The molecule has 0 aromatic heterocycles. The van der Waals surface area contributed by atoms with Gasteiger partial charge in [0.05, 0.1) is 5.56 Å². The van der Waals surface area contributed by atoms with Crippen molar-refractivity contribution in [3.63, 3.8) is 0 Å². The molecule has 3 heteroatoms. The maximum absolute atomic E-state index is 12.4. The monoisotopic (exact) mass is 325 g/mol. The van der Waals surface area contributed by atoms with Crippen molar-refractivity contribution in [3.05, 3.63) is 33.8 Å². The van der Waals surface area contributed by atoms with E-state index in [1.54, 1.807) is 0 Å². The summed E-state index contributed by atoms with van der Waals surface area (Å²) in [6.45, 7) is 12.7. The van der Waals surface area contributed by atoms with Gasteiger partial charge in [0, 0.05) is 10.0 Å². The van der Waals surface area contributed by atoms with Gasteiger partial charge in [-0.3, -0.25) is 4.79 Å².